The number of fused-ring (bicyclic) bond motifs is 6. The van der Waals surface area contributed by atoms with E-state index < -0.39 is 83.8 Å². The molecule has 3 fully saturated rings. The number of phenolic OH excluding ortho intramolecular Hbond substituents is 2. The number of aromatic hydroxyl groups is 2. The number of aliphatic hydroxyl groups is 2. The van der Waals surface area contributed by atoms with Crippen LogP contribution in [0.3, 0.4) is 0 Å². The Morgan fingerprint density at radius 3 is 2.40 bits per heavy atom. The van der Waals surface area contributed by atoms with Crippen LogP contribution in [0.1, 0.15) is 90.5 Å². The van der Waals surface area contributed by atoms with E-state index in [4.69, 9.17) is 23.7 Å². The number of aliphatic hydroxyl groups excluding tert-OH is 1. The van der Waals surface area contributed by atoms with E-state index in [1.54, 1.807) is 20.8 Å². The molecule has 8 rings (SSSR count). The molecule has 0 amide bonds. The summed E-state index contributed by atoms with van der Waals surface area (Å²) >= 11 is 0. The molecule has 214 valence electrons. The van der Waals surface area contributed by atoms with Gasteiger partial charge in [0.05, 0.1) is 53.5 Å². The maximum absolute atomic E-state index is 14.2. The van der Waals surface area contributed by atoms with Crippen LogP contribution in [0.15, 0.2) is 23.5 Å². The van der Waals surface area contributed by atoms with Crippen LogP contribution in [0.25, 0.3) is 0 Å². The summed E-state index contributed by atoms with van der Waals surface area (Å²) in [5.74, 6) is -1.98. The quantitative estimate of drug-likeness (QED) is 0.396. The maximum Gasteiger partial charge on any atom is 0.197 e. The van der Waals surface area contributed by atoms with Crippen molar-refractivity contribution in [2.75, 3.05) is 0 Å². The van der Waals surface area contributed by atoms with E-state index in [1.807, 2.05) is 0 Å². The molecule has 40 heavy (non-hydrogen) atoms. The summed E-state index contributed by atoms with van der Waals surface area (Å²) in [5, 5.41) is 45.1. The highest BCUT2D eigenvalue weighted by atomic mass is 16.7. The summed E-state index contributed by atoms with van der Waals surface area (Å²) in [5.41, 5.74) is -2.64. The molecule has 3 saturated heterocycles. The highest BCUT2D eigenvalue weighted by molar-refractivity contribution is 6.30. The molecule has 7 aliphatic rings. The second-order valence-corrected chi connectivity index (χ2v) is 11.7. The van der Waals surface area contributed by atoms with Gasteiger partial charge in [-0.05, 0) is 27.2 Å². The van der Waals surface area contributed by atoms with Crippen molar-refractivity contribution in [3.8, 4) is 11.5 Å². The molecule has 1 aromatic rings. The summed E-state index contributed by atoms with van der Waals surface area (Å²) < 4.78 is 29.8. The van der Waals surface area contributed by atoms with Crippen molar-refractivity contribution >= 4 is 11.6 Å². The van der Waals surface area contributed by atoms with Gasteiger partial charge in [-0.2, -0.15) is 0 Å². The second kappa shape index (κ2) is 8.60. The minimum absolute atomic E-state index is 0.0469. The molecule has 4 N–H and O–H groups in total. The summed E-state index contributed by atoms with van der Waals surface area (Å²) in [6.45, 7) is 8.84. The van der Waals surface area contributed by atoms with Gasteiger partial charge < -0.3 is 44.1 Å². The van der Waals surface area contributed by atoms with Crippen LogP contribution in [0.2, 0.25) is 0 Å². The zero-order chi connectivity index (χ0) is 28.4. The van der Waals surface area contributed by atoms with Gasteiger partial charge in [-0.1, -0.05) is 6.58 Å². The lowest BCUT2D eigenvalue weighted by Gasteiger charge is -2.54. The van der Waals surface area contributed by atoms with Crippen LogP contribution in [0.5, 0.6) is 11.5 Å². The van der Waals surface area contributed by atoms with E-state index in [0.717, 1.165) is 0 Å². The lowest BCUT2D eigenvalue weighted by atomic mass is 9.63. The Morgan fingerprint density at radius 1 is 0.975 bits per heavy atom. The summed E-state index contributed by atoms with van der Waals surface area (Å²) in [4.78, 5) is 28.3. The molecule has 0 spiro atoms. The second-order valence-electron chi connectivity index (χ2n) is 11.7. The Kier molecular flexibility index (Phi) is 5.62. The molecule has 0 saturated carbocycles. The molecule has 11 heteroatoms. The van der Waals surface area contributed by atoms with Gasteiger partial charge in [-0.15, -0.1) is 0 Å². The van der Waals surface area contributed by atoms with Crippen LogP contribution in [-0.2, 0) is 23.7 Å². The molecular formula is C29H32O11. The van der Waals surface area contributed by atoms with E-state index in [-0.39, 0.29) is 39.8 Å². The number of phenols is 2. The number of ketones is 2. The smallest absolute Gasteiger partial charge is 0.197 e. The summed E-state index contributed by atoms with van der Waals surface area (Å²) in [6, 6.07) is 0. The number of carbonyl (C=O) groups excluding carboxylic acids is 2. The SMILES string of the molecule is C=C1CC2OC(C)c3c(O)c4c(c(O)c3C2O1)C(=O)C1=C(C4=O)C2(O)C(C)OC1CC2OC1CCC(O)C(C)O1. The van der Waals surface area contributed by atoms with Crippen LogP contribution in [-0.4, -0.2) is 80.5 Å². The monoisotopic (exact) mass is 556 g/mol. The standard InChI is InChI=1S/C29H32O11/c1-9-7-15-28(36-9)22-18(11(3)37-15)24(31)21-20(26(22)33)25(32)19-14-8-16(40-17-6-5-13(30)10(2)38-17)29(35,12(4)39-14)23(19)27(21)34/h10-17,28,30-31,33,35H,1,5-8H2,2-4H3. The van der Waals surface area contributed by atoms with E-state index in [1.165, 1.54) is 0 Å². The Morgan fingerprint density at radius 2 is 1.68 bits per heavy atom. The average Bonchev–Trinajstić information content (AvgIpc) is 3.26. The van der Waals surface area contributed by atoms with E-state index in [0.29, 0.717) is 25.0 Å². The van der Waals surface area contributed by atoms with Crippen molar-refractivity contribution in [2.45, 2.75) is 107 Å². The third-order valence-electron chi connectivity index (χ3n) is 9.40. The Hall–Kier alpha value is -2.80. The van der Waals surface area contributed by atoms with Gasteiger partial charge >= 0.3 is 0 Å². The minimum atomic E-state index is -2.03. The van der Waals surface area contributed by atoms with Gasteiger partial charge in [0.1, 0.15) is 23.2 Å². The third-order valence-corrected chi connectivity index (χ3v) is 9.40. The first-order valence-corrected chi connectivity index (χ1v) is 13.8. The zero-order valence-electron chi connectivity index (χ0n) is 22.4. The minimum Gasteiger partial charge on any atom is -0.507 e. The third kappa shape index (κ3) is 3.27. The molecule has 0 aromatic heterocycles. The molecule has 2 aliphatic carbocycles. The summed E-state index contributed by atoms with van der Waals surface area (Å²) in [6.07, 6.45) is -5.31. The van der Waals surface area contributed by atoms with Gasteiger partial charge in [0, 0.05) is 41.5 Å². The largest absolute Gasteiger partial charge is 0.507 e. The van der Waals surface area contributed by atoms with Crippen molar-refractivity contribution in [3.05, 3.63) is 45.7 Å². The lowest BCUT2D eigenvalue weighted by molar-refractivity contribution is -0.291. The number of hydrogen-bond donors (Lipinski definition) is 4. The predicted molar refractivity (Wildman–Crippen MR) is 135 cm³/mol. The molecule has 2 bridgehead atoms. The average molecular weight is 557 g/mol. The Bertz CT molecular complexity index is 1400. The lowest BCUT2D eigenvalue weighted by Crippen LogP contribution is -2.67. The Balaban J connectivity index is 1.34. The van der Waals surface area contributed by atoms with E-state index >= 15 is 0 Å². The van der Waals surface area contributed by atoms with Crippen molar-refractivity contribution in [2.24, 2.45) is 0 Å². The van der Waals surface area contributed by atoms with Crippen LogP contribution in [0, 0.1) is 0 Å². The fourth-order valence-corrected chi connectivity index (χ4v) is 7.41. The molecule has 10 atom stereocenters. The number of Topliss-reactive ketones (excluding diaryl/α,β-unsaturated/α-hetero) is 2. The highest BCUT2D eigenvalue weighted by Gasteiger charge is 2.64. The molecule has 5 aliphatic heterocycles. The fraction of sp³-hybridized carbons (Fsp3) is 0.586. The van der Waals surface area contributed by atoms with Gasteiger partial charge in [-0.3, -0.25) is 9.59 Å². The van der Waals surface area contributed by atoms with Crippen molar-refractivity contribution in [1.29, 1.82) is 0 Å². The first-order valence-electron chi connectivity index (χ1n) is 13.8. The van der Waals surface area contributed by atoms with Crippen molar-refractivity contribution in [1.82, 2.24) is 0 Å². The summed E-state index contributed by atoms with van der Waals surface area (Å²) in [7, 11) is 0. The number of ether oxygens (including phenoxy) is 5. The topological polar surface area (TPSA) is 161 Å². The Labute approximate surface area is 229 Å². The number of hydrogen-bond acceptors (Lipinski definition) is 11. The molecule has 10 unspecified atom stereocenters. The highest BCUT2D eigenvalue weighted by Crippen LogP contribution is 2.58. The van der Waals surface area contributed by atoms with Crippen LogP contribution in [0.4, 0.5) is 0 Å². The normalized spacial score (nSPS) is 41.8. The van der Waals surface area contributed by atoms with E-state index in [2.05, 4.69) is 6.58 Å². The van der Waals surface area contributed by atoms with E-state index in [9.17, 15) is 30.0 Å². The van der Waals surface area contributed by atoms with Gasteiger partial charge in [0.15, 0.2) is 24.0 Å². The fourth-order valence-electron chi connectivity index (χ4n) is 7.41. The van der Waals surface area contributed by atoms with Crippen molar-refractivity contribution < 1.29 is 53.7 Å². The molecule has 5 heterocycles. The first kappa shape index (κ1) is 26.1. The number of benzene rings is 1. The van der Waals surface area contributed by atoms with Crippen LogP contribution < -0.4 is 0 Å². The predicted octanol–water partition coefficient (Wildman–Crippen LogP) is 2.40. The number of rotatable bonds is 2. The zero-order valence-corrected chi connectivity index (χ0v) is 22.4. The van der Waals surface area contributed by atoms with Gasteiger partial charge in [-0.25, -0.2) is 0 Å². The van der Waals surface area contributed by atoms with Crippen LogP contribution >= 0.6 is 0 Å². The first-order chi connectivity index (χ1) is 18.9. The molecular weight excluding hydrogens is 524 g/mol. The number of carbonyl (C=O) groups is 2. The molecule has 0 radical (unpaired) electrons. The van der Waals surface area contributed by atoms with Crippen molar-refractivity contribution in [3.63, 3.8) is 0 Å². The molecule has 1 aromatic carbocycles. The van der Waals surface area contributed by atoms with Gasteiger partial charge in [0.25, 0.3) is 0 Å². The van der Waals surface area contributed by atoms with Gasteiger partial charge in [0.2, 0.25) is 0 Å². The maximum atomic E-state index is 14.2. The molecule has 11 nitrogen and oxygen atoms in total.